The van der Waals surface area contributed by atoms with Gasteiger partial charge in [-0.05, 0) is 49.2 Å². The summed E-state index contributed by atoms with van der Waals surface area (Å²) in [5, 5.41) is -0.168. The van der Waals surface area contributed by atoms with E-state index >= 15 is 0 Å². The lowest BCUT2D eigenvalue weighted by atomic mass is 10.1. The summed E-state index contributed by atoms with van der Waals surface area (Å²) in [7, 11) is -3.31. The lowest BCUT2D eigenvalue weighted by molar-refractivity contribution is 0.0994. The molecule has 2 rings (SSSR count). The molecule has 0 aromatic heterocycles. The number of rotatable bonds is 7. The van der Waals surface area contributed by atoms with E-state index in [0.717, 1.165) is 12.0 Å². The Balaban J connectivity index is 1.99. The van der Waals surface area contributed by atoms with Crippen LogP contribution in [0.5, 0.6) is 0 Å². The molecule has 6 heteroatoms. The molecule has 128 valence electrons. The SMILES string of the molecule is Cc1ccccc1CS[C@H](C)C(=O)c1ccc(NS(C)(=O)=O)cc1. The molecule has 0 aliphatic carbocycles. The van der Waals surface area contributed by atoms with E-state index in [1.54, 1.807) is 36.0 Å². The van der Waals surface area contributed by atoms with Crippen molar-refractivity contribution in [2.75, 3.05) is 11.0 Å². The first kappa shape index (κ1) is 18.5. The second-order valence-electron chi connectivity index (χ2n) is 5.70. The summed E-state index contributed by atoms with van der Waals surface area (Å²) in [5.41, 5.74) is 3.49. The molecular weight excluding hydrogens is 342 g/mol. The predicted octanol–water partition coefficient (Wildman–Crippen LogP) is 3.87. The molecule has 1 atom stereocenters. The van der Waals surface area contributed by atoms with Crippen molar-refractivity contribution in [2.24, 2.45) is 0 Å². The van der Waals surface area contributed by atoms with Crippen LogP contribution in [0.4, 0.5) is 5.69 Å². The van der Waals surface area contributed by atoms with Crippen LogP contribution in [0.15, 0.2) is 48.5 Å². The predicted molar refractivity (Wildman–Crippen MR) is 101 cm³/mol. The summed E-state index contributed by atoms with van der Waals surface area (Å²) in [6.07, 6.45) is 1.09. The third-order valence-corrected chi connectivity index (χ3v) is 5.39. The highest BCUT2D eigenvalue weighted by Crippen LogP contribution is 2.23. The van der Waals surface area contributed by atoms with Crippen LogP contribution in [0.25, 0.3) is 0 Å². The van der Waals surface area contributed by atoms with Gasteiger partial charge in [-0.2, -0.15) is 0 Å². The Morgan fingerprint density at radius 2 is 1.75 bits per heavy atom. The molecule has 2 aromatic carbocycles. The molecule has 0 radical (unpaired) electrons. The quantitative estimate of drug-likeness (QED) is 0.759. The zero-order valence-corrected chi connectivity index (χ0v) is 15.6. The molecule has 0 amide bonds. The van der Waals surface area contributed by atoms with E-state index in [4.69, 9.17) is 0 Å². The Bertz CT molecular complexity index is 814. The van der Waals surface area contributed by atoms with Gasteiger partial charge in [0.15, 0.2) is 5.78 Å². The Labute approximate surface area is 147 Å². The minimum atomic E-state index is -3.31. The van der Waals surface area contributed by atoms with Crippen molar-refractivity contribution in [3.8, 4) is 0 Å². The molecule has 0 unspecified atom stereocenters. The lowest BCUT2D eigenvalue weighted by Gasteiger charge is -2.12. The summed E-state index contributed by atoms with van der Waals surface area (Å²) in [6, 6.07) is 14.7. The number of carbonyl (C=O) groups is 1. The zero-order chi connectivity index (χ0) is 17.7. The summed E-state index contributed by atoms with van der Waals surface area (Å²) in [4.78, 5) is 12.5. The number of sulfonamides is 1. The molecule has 0 bridgehead atoms. The van der Waals surface area contributed by atoms with Gasteiger partial charge >= 0.3 is 0 Å². The Hall–Kier alpha value is -1.79. The van der Waals surface area contributed by atoms with Crippen molar-refractivity contribution in [1.82, 2.24) is 0 Å². The lowest BCUT2D eigenvalue weighted by Crippen LogP contribution is -2.14. The molecule has 0 aliphatic rings. The Morgan fingerprint density at radius 3 is 2.33 bits per heavy atom. The van der Waals surface area contributed by atoms with Crippen LogP contribution in [-0.4, -0.2) is 25.7 Å². The maximum atomic E-state index is 12.5. The molecule has 0 heterocycles. The fraction of sp³-hybridized carbons (Fsp3) is 0.278. The number of Topliss-reactive ketones (excluding diaryl/α,β-unsaturated/α-hetero) is 1. The number of aryl methyl sites for hydroxylation is 1. The van der Waals surface area contributed by atoms with Gasteiger partial charge in [-0.15, -0.1) is 11.8 Å². The van der Waals surface area contributed by atoms with Crippen LogP contribution in [0, 0.1) is 6.92 Å². The average Bonchev–Trinajstić information content (AvgIpc) is 2.52. The molecule has 4 nitrogen and oxygen atoms in total. The molecule has 2 aromatic rings. The van der Waals surface area contributed by atoms with Crippen molar-refractivity contribution in [3.63, 3.8) is 0 Å². The number of hydrogen-bond acceptors (Lipinski definition) is 4. The fourth-order valence-corrected chi connectivity index (χ4v) is 3.82. The van der Waals surface area contributed by atoms with Gasteiger partial charge in [0.1, 0.15) is 0 Å². The number of thioether (sulfide) groups is 1. The molecule has 0 saturated carbocycles. The summed E-state index contributed by atoms with van der Waals surface area (Å²) < 4.78 is 24.8. The highest BCUT2D eigenvalue weighted by atomic mass is 32.2. The van der Waals surface area contributed by atoms with Crippen LogP contribution < -0.4 is 4.72 Å². The second kappa shape index (κ2) is 7.85. The highest BCUT2D eigenvalue weighted by molar-refractivity contribution is 7.99. The van der Waals surface area contributed by atoms with Crippen molar-refractivity contribution >= 4 is 33.3 Å². The van der Waals surface area contributed by atoms with Crippen LogP contribution in [0.1, 0.15) is 28.4 Å². The van der Waals surface area contributed by atoms with E-state index < -0.39 is 10.0 Å². The largest absolute Gasteiger partial charge is 0.293 e. The average molecular weight is 364 g/mol. The molecule has 24 heavy (non-hydrogen) atoms. The minimum absolute atomic E-state index is 0.0412. The number of hydrogen-bond donors (Lipinski definition) is 1. The fourth-order valence-electron chi connectivity index (χ4n) is 2.21. The first-order chi connectivity index (χ1) is 11.3. The normalized spacial score (nSPS) is 12.6. The number of benzene rings is 2. The van der Waals surface area contributed by atoms with Crippen LogP contribution in [0.2, 0.25) is 0 Å². The van der Waals surface area contributed by atoms with Gasteiger partial charge in [-0.25, -0.2) is 8.42 Å². The van der Waals surface area contributed by atoms with Crippen molar-refractivity contribution in [1.29, 1.82) is 0 Å². The van der Waals surface area contributed by atoms with Gasteiger partial charge in [-0.1, -0.05) is 24.3 Å². The first-order valence-electron chi connectivity index (χ1n) is 7.54. The highest BCUT2D eigenvalue weighted by Gasteiger charge is 2.16. The number of nitrogens with one attached hydrogen (secondary N) is 1. The monoisotopic (exact) mass is 363 g/mol. The summed E-state index contributed by atoms with van der Waals surface area (Å²) in [5.74, 6) is 0.826. The van der Waals surface area contributed by atoms with Gasteiger partial charge in [0.25, 0.3) is 0 Å². The smallest absolute Gasteiger partial charge is 0.229 e. The van der Waals surface area contributed by atoms with E-state index in [0.29, 0.717) is 11.3 Å². The van der Waals surface area contributed by atoms with Gasteiger partial charge in [0.2, 0.25) is 10.0 Å². The molecule has 0 saturated heterocycles. The topological polar surface area (TPSA) is 63.2 Å². The number of ketones is 1. The first-order valence-corrected chi connectivity index (χ1v) is 10.5. The maximum Gasteiger partial charge on any atom is 0.229 e. The third kappa shape index (κ3) is 5.39. The van der Waals surface area contributed by atoms with E-state index in [1.807, 2.05) is 19.1 Å². The Kier molecular flexibility index (Phi) is 6.07. The summed E-state index contributed by atoms with van der Waals surface area (Å²) in [6.45, 7) is 3.96. The number of carbonyl (C=O) groups excluding carboxylic acids is 1. The van der Waals surface area contributed by atoms with Crippen LogP contribution in [0.3, 0.4) is 0 Å². The van der Waals surface area contributed by atoms with E-state index in [-0.39, 0.29) is 11.0 Å². The molecule has 0 aliphatic heterocycles. The van der Waals surface area contributed by atoms with Gasteiger partial charge in [-0.3, -0.25) is 9.52 Å². The maximum absolute atomic E-state index is 12.5. The second-order valence-corrected chi connectivity index (χ2v) is 8.77. The van der Waals surface area contributed by atoms with E-state index in [1.165, 1.54) is 11.1 Å². The standard InChI is InChI=1S/C18H21NO3S2/c1-13-6-4-5-7-16(13)12-23-14(2)18(20)15-8-10-17(11-9-15)19-24(3,21)22/h4-11,14,19H,12H2,1-3H3/t14-/m1/s1. The molecule has 1 N–H and O–H groups in total. The Morgan fingerprint density at radius 1 is 1.12 bits per heavy atom. The van der Waals surface area contributed by atoms with Gasteiger partial charge in [0, 0.05) is 17.0 Å². The van der Waals surface area contributed by atoms with Gasteiger partial charge in [0.05, 0.1) is 11.5 Å². The van der Waals surface area contributed by atoms with Gasteiger partial charge < -0.3 is 0 Å². The third-order valence-electron chi connectivity index (χ3n) is 3.59. The van der Waals surface area contributed by atoms with Crippen molar-refractivity contribution in [2.45, 2.75) is 24.9 Å². The van der Waals surface area contributed by atoms with E-state index in [9.17, 15) is 13.2 Å². The minimum Gasteiger partial charge on any atom is -0.293 e. The van der Waals surface area contributed by atoms with Crippen LogP contribution >= 0.6 is 11.8 Å². The van der Waals surface area contributed by atoms with Crippen LogP contribution in [-0.2, 0) is 15.8 Å². The van der Waals surface area contributed by atoms with E-state index in [2.05, 4.69) is 23.8 Å². The zero-order valence-electron chi connectivity index (χ0n) is 13.9. The van der Waals surface area contributed by atoms with Crippen molar-refractivity contribution in [3.05, 3.63) is 65.2 Å². The molecule has 0 spiro atoms. The molecule has 0 fully saturated rings. The molecular formula is C18H21NO3S2. The number of anilines is 1. The van der Waals surface area contributed by atoms with Crippen molar-refractivity contribution < 1.29 is 13.2 Å². The summed E-state index contributed by atoms with van der Waals surface area (Å²) >= 11 is 1.60.